The van der Waals surface area contributed by atoms with Crippen molar-refractivity contribution in [2.24, 2.45) is 0 Å². The van der Waals surface area contributed by atoms with Gasteiger partial charge in [-0.15, -0.1) is 0 Å². The molecule has 2 aromatic carbocycles. The van der Waals surface area contributed by atoms with E-state index < -0.39 is 10.6 Å². The summed E-state index contributed by atoms with van der Waals surface area (Å²) in [7, 11) is -2.34. The molecule has 3 aliphatic rings. The average Bonchev–Trinajstić information content (AvgIpc) is 2.86. The SMILES string of the molecule is C1CCNCC1.OS1(O)CCN(c2cccc(N3CCN(c4ccccc4)CC3)c2)CC1. The standard InChI is InChI=1S/C20H27N3O2S.C5H11N/c24-26(25)15-13-23(14-16-26)20-8-4-7-19(17-20)22-11-9-21(10-12-22)18-5-2-1-3-6-18;1-2-4-6-5-3-1/h1-8,17,24-25H,9-16H2;6H,1-5H2. The molecule has 3 heterocycles. The van der Waals surface area contributed by atoms with Crippen molar-refractivity contribution >= 4 is 27.7 Å². The second-order valence-corrected chi connectivity index (χ2v) is 11.3. The van der Waals surface area contributed by atoms with Crippen LogP contribution in [0.1, 0.15) is 19.3 Å². The van der Waals surface area contributed by atoms with Crippen LogP contribution in [0.25, 0.3) is 0 Å². The van der Waals surface area contributed by atoms with Gasteiger partial charge in [0.2, 0.25) is 0 Å². The highest BCUT2D eigenvalue weighted by Crippen LogP contribution is 2.41. The van der Waals surface area contributed by atoms with Crippen molar-refractivity contribution in [3.05, 3.63) is 54.6 Å². The molecule has 5 rings (SSSR count). The van der Waals surface area contributed by atoms with Gasteiger partial charge in [0.25, 0.3) is 0 Å². The van der Waals surface area contributed by atoms with Crippen LogP contribution in [-0.4, -0.2) is 73.0 Å². The first-order valence-corrected chi connectivity index (χ1v) is 13.8. The number of para-hydroxylation sites is 1. The number of nitrogens with one attached hydrogen (secondary N) is 1. The largest absolute Gasteiger partial charge is 0.368 e. The Morgan fingerprint density at radius 3 is 1.59 bits per heavy atom. The van der Waals surface area contributed by atoms with Crippen LogP contribution in [0.5, 0.6) is 0 Å². The van der Waals surface area contributed by atoms with Crippen molar-refractivity contribution in [2.45, 2.75) is 19.3 Å². The van der Waals surface area contributed by atoms with Crippen LogP contribution >= 0.6 is 10.6 Å². The summed E-state index contributed by atoms with van der Waals surface area (Å²) in [6, 6.07) is 19.3. The van der Waals surface area contributed by atoms with Crippen LogP contribution in [0.2, 0.25) is 0 Å². The minimum Gasteiger partial charge on any atom is -0.368 e. The Morgan fingerprint density at radius 2 is 1.09 bits per heavy atom. The lowest BCUT2D eigenvalue weighted by atomic mass is 10.2. The van der Waals surface area contributed by atoms with Gasteiger partial charge in [-0.05, 0) is 56.3 Å². The number of benzene rings is 2. The van der Waals surface area contributed by atoms with Crippen LogP contribution in [-0.2, 0) is 0 Å². The Bertz CT molecular complexity index is 802. The van der Waals surface area contributed by atoms with E-state index in [1.165, 1.54) is 49.4 Å². The molecule has 7 heteroatoms. The highest BCUT2D eigenvalue weighted by atomic mass is 32.3. The van der Waals surface area contributed by atoms with E-state index in [0.717, 1.165) is 26.2 Å². The van der Waals surface area contributed by atoms with Crippen molar-refractivity contribution < 1.29 is 9.11 Å². The molecule has 0 spiro atoms. The van der Waals surface area contributed by atoms with Crippen LogP contribution in [0.3, 0.4) is 0 Å². The molecular formula is C25H38N4O2S. The first-order chi connectivity index (χ1) is 15.6. The molecule has 0 atom stereocenters. The van der Waals surface area contributed by atoms with Gasteiger partial charge in [0.15, 0.2) is 0 Å². The maximum absolute atomic E-state index is 9.82. The number of rotatable bonds is 3. The monoisotopic (exact) mass is 458 g/mol. The van der Waals surface area contributed by atoms with Gasteiger partial charge in [0.1, 0.15) is 0 Å². The summed E-state index contributed by atoms with van der Waals surface area (Å²) in [5.41, 5.74) is 3.74. The van der Waals surface area contributed by atoms with Gasteiger partial charge in [-0.3, -0.25) is 9.11 Å². The summed E-state index contributed by atoms with van der Waals surface area (Å²) in [5, 5.41) is 3.28. The second kappa shape index (κ2) is 11.3. The third kappa shape index (κ3) is 6.54. The fraction of sp³-hybridized carbons (Fsp3) is 0.520. The van der Waals surface area contributed by atoms with E-state index in [1.54, 1.807) is 0 Å². The summed E-state index contributed by atoms with van der Waals surface area (Å²) in [5.74, 6) is 0.958. The molecule has 3 saturated heterocycles. The number of hydrogen-bond donors (Lipinski definition) is 3. The minimum atomic E-state index is -2.34. The molecule has 3 fully saturated rings. The number of anilines is 3. The summed E-state index contributed by atoms with van der Waals surface area (Å²) < 4.78 is 19.6. The summed E-state index contributed by atoms with van der Waals surface area (Å²) in [6.45, 7) is 8.01. The van der Waals surface area contributed by atoms with E-state index >= 15 is 0 Å². The Morgan fingerprint density at radius 1 is 0.594 bits per heavy atom. The predicted molar refractivity (Wildman–Crippen MR) is 139 cm³/mol. The quantitative estimate of drug-likeness (QED) is 0.636. The van der Waals surface area contributed by atoms with Crippen molar-refractivity contribution in [2.75, 3.05) is 78.6 Å². The molecule has 0 radical (unpaired) electrons. The molecule has 0 amide bonds. The Balaban J connectivity index is 0.000000354. The third-order valence-electron chi connectivity index (χ3n) is 6.54. The van der Waals surface area contributed by atoms with Gasteiger partial charge >= 0.3 is 0 Å². The van der Waals surface area contributed by atoms with E-state index in [9.17, 15) is 9.11 Å². The maximum Gasteiger partial charge on any atom is 0.0550 e. The van der Waals surface area contributed by atoms with E-state index in [1.807, 2.05) is 0 Å². The fourth-order valence-electron chi connectivity index (χ4n) is 4.53. The summed E-state index contributed by atoms with van der Waals surface area (Å²) in [4.78, 5) is 7.15. The first-order valence-electron chi connectivity index (χ1n) is 11.9. The summed E-state index contributed by atoms with van der Waals surface area (Å²) >= 11 is 0. The van der Waals surface area contributed by atoms with E-state index in [4.69, 9.17) is 0 Å². The lowest BCUT2D eigenvalue weighted by Crippen LogP contribution is -2.46. The number of nitrogens with zero attached hydrogens (tertiary/aromatic N) is 3. The lowest BCUT2D eigenvalue weighted by Gasteiger charge is -2.42. The molecule has 0 saturated carbocycles. The minimum absolute atomic E-state index is 0.479. The molecule has 6 nitrogen and oxygen atoms in total. The average molecular weight is 459 g/mol. The molecule has 0 aromatic heterocycles. The smallest absolute Gasteiger partial charge is 0.0550 e. The summed E-state index contributed by atoms with van der Waals surface area (Å²) in [6.07, 6.45) is 4.22. The Labute approximate surface area is 194 Å². The zero-order valence-electron chi connectivity index (χ0n) is 19.0. The van der Waals surface area contributed by atoms with Crippen molar-refractivity contribution in [3.8, 4) is 0 Å². The van der Waals surface area contributed by atoms with Crippen LogP contribution < -0.4 is 20.0 Å². The van der Waals surface area contributed by atoms with Crippen LogP contribution in [0, 0.1) is 0 Å². The van der Waals surface area contributed by atoms with Crippen molar-refractivity contribution in [1.29, 1.82) is 0 Å². The lowest BCUT2D eigenvalue weighted by molar-refractivity contribution is 0.479. The maximum atomic E-state index is 9.82. The second-order valence-electron chi connectivity index (χ2n) is 8.84. The number of hydrogen-bond acceptors (Lipinski definition) is 6. The molecule has 0 aliphatic carbocycles. The van der Waals surface area contributed by atoms with Crippen molar-refractivity contribution in [3.63, 3.8) is 0 Å². The molecule has 2 aromatic rings. The normalized spacial score (nSPS) is 22.0. The fourth-order valence-corrected chi connectivity index (χ4v) is 5.76. The zero-order valence-corrected chi connectivity index (χ0v) is 19.8. The van der Waals surface area contributed by atoms with Gasteiger partial charge < -0.3 is 20.0 Å². The number of piperidine rings is 1. The predicted octanol–water partition coefficient (Wildman–Crippen LogP) is 4.34. The third-order valence-corrected chi connectivity index (χ3v) is 8.22. The Hall–Kier alpha value is -1.93. The van der Waals surface area contributed by atoms with Gasteiger partial charge in [-0.2, -0.15) is 10.6 Å². The topological polar surface area (TPSA) is 62.2 Å². The van der Waals surface area contributed by atoms with Crippen LogP contribution in [0.4, 0.5) is 17.1 Å². The first kappa shape index (κ1) is 23.2. The van der Waals surface area contributed by atoms with Gasteiger partial charge in [-0.25, -0.2) is 0 Å². The molecule has 3 N–H and O–H groups in total. The molecule has 3 aliphatic heterocycles. The Kier molecular flexibility index (Phi) is 8.19. The van der Waals surface area contributed by atoms with Gasteiger partial charge in [0.05, 0.1) is 11.5 Å². The molecule has 176 valence electrons. The van der Waals surface area contributed by atoms with E-state index in [0.29, 0.717) is 24.6 Å². The van der Waals surface area contributed by atoms with Gasteiger partial charge in [-0.1, -0.05) is 30.7 Å². The van der Waals surface area contributed by atoms with E-state index in [-0.39, 0.29) is 0 Å². The van der Waals surface area contributed by atoms with Gasteiger partial charge in [0, 0.05) is 56.3 Å². The molecule has 0 unspecified atom stereocenters. The van der Waals surface area contributed by atoms with E-state index in [2.05, 4.69) is 74.6 Å². The highest BCUT2D eigenvalue weighted by Gasteiger charge is 2.23. The molecule has 0 bridgehead atoms. The molecular weight excluding hydrogens is 420 g/mol. The van der Waals surface area contributed by atoms with Crippen molar-refractivity contribution in [1.82, 2.24) is 5.32 Å². The molecule has 32 heavy (non-hydrogen) atoms. The highest BCUT2D eigenvalue weighted by molar-refractivity contribution is 8.24. The zero-order chi connectivity index (χ0) is 22.2. The van der Waals surface area contributed by atoms with Crippen LogP contribution in [0.15, 0.2) is 54.6 Å². The number of piperazine rings is 1.